The molecule has 0 bridgehead atoms. The van der Waals surface area contributed by atoms with Crippen LogP contribution < -0.4 is 19.5 Å². The Labute approximate surface area is 184 Å². The molecule has 0 radical (unpaired) electrons. The summed E-state index contributed by atoms with van der Waals surface area (Å²) < 4.78 is 30.7. The van der Waals surface area contributed by atoms with Gasteiger partial charge in [-0.25, -0.2) is 4.39 Å². The van der Waals surface area contributed by atoms with Crippen LogP contribution in [0.5, 0.6) is 23.0 Å². The lowest BCUT2D eigenvalue weighted by atomic mass is 10.1. The minimum atomic E-state index is -0.544. The number of rotatable bonds is 9. The number of aromatic nitrogens is 1. The lowest BCUT2D eigenvalue weighted by Gasteiger charge is -2.14. The molecule has 3 aromatic rings. The van der Waals surface area contributed by atoms with E-state index in [1.807, 2.05) is 6.92 Å². The minimum Gasteiger partial charge on any atom is -0.493 e. The Morgan fingerprint density at radius 1 is 1.19 bits per heavy atom. The molecule has 1 heterocycles. The number of amides is 1. The zero-order chi connectivity index (χ0) is 22.2. The molecule has 0 atom stereocenters. The molecule has 162 valence electrons. The van der Waals surface area contributed by atoms with Crippen molar-refractivity contribution in [2.75, 3.05) is 13.7 Å². The smallest absolute Gasteiger partial charge is 0.251 e. The average molecular weight is 445 g/mol. The number of carbonyl (C=O) groups is 1. The van der Waals surface area contributed by atoms with E-state index >= 15 is 0 Å². The van der Waals surface area contributed by atoms with Crippen LogP contribution in [0, 0.1) is 5.82 Å². The highest BCUT2D eigenvalue weighted by Gasteiger charge is 2.16. The third kappa shape index (κ3) is 5.86. The average Bonchev–Trinajstić information content (AvgIpc) is 2.78. The Morgan fingerprint density at radius 3 is 2.71 bits per heavy atom. The second-order valence-corrected chi connectivity index (χ2v) is 6.98. The summed E-state index contributed by atoms with van der Waals surface area (Å²) in [5, 5.41) is 3.02. The highest BCUT2D eigenvalue weighted by atomic mass is 35.5. The van der Waals surface area contributed by atoms with Gasteiger partial charge in [0.1, 0.15) is 5.75 Å². The van der Waals surface area contributed by atoms with E-state index < -0.39 is 5.82 Å². The van der Waals surface area contributed by atoms with Gasteiger partial charge < -0.3 is 19.5 Å². The monoisotopic (exact) mass is 444 g/mol. The highest BCUT2D eigenvalue weighted by molar-refractivity contribution is 6.32. The third-order valence-electron chi connectivity index (χ3n) is 4.25. The molecule has 0 aliphatic rings. The normalized spacial score (nSPS) is 10.5. The minimum absolute atomic E-state index is 0.0715. The standard InChI is InChI=1S/C23H22ClFN2O4/c1-3-9-30-22-18(24)11-16(12-21(22)29-2)23(28)27-13-15-6-7-20(19(25)10-15)31-17-5-4-8-26-14-17/h4-8,10-12,14H,3,9,13H2,1-2H3,(H,27,28). The molecule has 0 saturated heterocycles. The number of benzene rings is 2. The van der Waals surface area contributed by atoms with Gasteiger partial charge in [-0.2, -0.15) is 0 Å². The van der Waals surface area contributed by atoms with Crippen LogP contribution >= 0.6 is 11.6 Å². The van der Waals surface area contributed by atoms with Crippen molar-refractivity contribution in [1.82, 2.24) is 10.3 Å². The fourth-order valence-corrected chi connectivity index (χ4v) is 3.02. The summed E-state index contributed by atoms with van der Waals surface area (Å²) in [7, 11) is 1.48. The van der Waals surface area contributed by atoms with E-state index in [4.69, 9.17) is 25.8 Å². The van der Waals surface area contributed by atoms with Crippen LogP contribution in [0.2, 0.25) is 5.02 Å². The number of ether oxygens (including phenoxy) is 3. The highest BCUT2D eigenvalue weighted by Crippen LogP contribution is 2.36. The molecule has 3 rings (SSSR count). The van der Waals surface area contributed by atoms with Gasteiger partial charge in [0.25, 0.3) is 5.91 Å². The van der Waals surface area contributed by atoms with Crippen LogP contribution in [-0.2, 0) is 6.54 Å². The lowest BCUT2D eigenvalue weighted by molar-refractivity contribution is 0.0950. The SMILES string of the molecule is CCCOc1c(Cl)cc(C(=O)NCc2ccc(Oc3cccnc3)c(F)c2)cc1OC. The second kappa shape index (κ2) is 10.6. The molecule has 2 aromatic carbocycles. The van der Waals surface area contributed by atoms with E-state index in [1.165, 1.54) is 31.5 Å². The Hall–Kier alpha value is -3.32. The quantitative estimate of drug-likeness (QED) is 0.479. The maximum atomic E-state index is 14.4. The van der Waals surface area contributed by atoms with Crippen molar-refractivity contribution in [3.8, 4) is 23.0 Å². The van der Waals surface area contributed by atoms with Gasteiger partial charge in [0.05, 0.1) is 24.9 Å². The number of nitrogens with zero attached hydrogens (tertiary/aromatic N) is 1. The summed E-state index contributed by atoms with van der Waals surface area (Å²) >= 11 is 6.26. The molecule has 0 aliphatic heterocycles. The van der Waals surface area contributed by atoms with Crippen molar-refractivity contribution in [1.29, 1.82) is 0 Å². The van der Waals surface area contributed by atoms with Crippen LogP contribution in [-0.4, -0.2) is 24.6 Å². The largest absolute Gasteiger partial charge is 0.493 e. The Balaban J connectivity index is 1.66. The van der Waals surface area contributed by atoms with Crippen molar-refractivity contribution < 1.29 is 23.4 Å². The molecule has 0 fully saturated rings. The van der Waals surface area contributed by atoms with Crippen LogP contribution in [0.3, 0.4) is 0 Å². The topological polar surface area (TPSA) is 69.7 Å². The van der Waals surface area contributed by atoms with Gasteiger partial charge in [-0.15, -0.1) is 0 Å². The fourth-order valence-electron chi connectivity index (χ4n) is 2.75. The van der Waals surface area contributed by atoms with Gasteiger partial charge in [-0.1, -0.05) is 24.6 Å². The fraction of sp³-hybridized carbons (Fsp3) is 0.217. The molecule has 0 unspecified atom stereocenters. The predicted molar refractivity (Wildman–Crippen MR) is 116 cm³/mol. The summed E-state index contributed by atoms with van der Waals surface area (Å²) in [6.07, 6.45) is 3.90. The number of halogens is 2. The van der Waals surface area contributed by atoms with Crippen molar-refractivity contribution in [2.24, 2.45) is 0 Å². The van der Waals surface area contributed by atoms with Crippen molar-refractivity contribution in [2.45, 2.75) is 19.9 Å². The molecule has 0 spiro atoms. The van der Waals surface area contributed by atoms with Crippen molar-refractivity contribution >= 4 is 17.5 Å². The lowest BCUT2D eigenvalue weighted by Crippen LogP contribution is -2.23. The summed E-state index contributed by atoms with van der Waals surface area (Å²) in [5.41, 5.74) is 0.882. The molecule has 8 heteroatoms. The van der Waals surface area contributed by atoms with Gasteiger partial charge in [0.2, 0.25) is 0 Å². The molecule has 1 amide bonds. The molecule has 0 aliphatic carbocycles. The Bertz CT molecular complexity index is 1050. The number of carbonyl (C=O) groups excluding carboxylic acids is 1. The van der Waals surface area contributed by atoms with Crippen LogP contribution in [0.4, 0.5) is 4.39 Å². The van der Waals surface area contributed by atoms with E-state index in [0.29, 0.717) is 35.0 Å². The maximum absolute atomic E-state index is 14.4. The molecule has 31 heavy (non-hydrogen) atoms. The van der Waals surface area contributed by atoms with E-state index in [9.17, 15) is 9.18 Å². The van der Waals surface area contributed by atoms with E-state index in [-0.39, 0.29) is 23.2 Å². The van der Waals surface area contributed by atoms with E-state index in [0.717, 1.165) is 6.42 Å². The first-order valence-electron chi connectivity index (χ1n) is 9.66. The van der Waals surface area contributed by atoms with E-state index in [1.54, 1.807) is 30.5 Å². The first-order valence-corrected chi connectivity index (χ1v) is 10.0. The zero-order valence-electron chi connectivity index (χ0n) is 17.2. The number of methoxy groups -OCH3 is 1. The molecule has 1 aromatic heterocycles. The Morgan fingerprint density at radius 2 is 2.03 bits per heavy atom. The summed E-state index contributed by atoms with van der Waals surface area (Å²) in [6.45, 7) is 2.58. The maximum Gasteiger partial charge on any atom is 0.251 e. The molecular weight excluding hydrogens is 423 g/mol. The molecule has 1 N–H and O–H groups in total. The van der Waals surface area contributed by atoms with Gasteiger partial charge >= 0.3 is 0 Å². The number of hydrogen-bond donors (Lipinski definition) is 1. The number of nitrogens with one attached hydrogen (secondary N) is 1. The van der Waals surface area contributed by atoms with Crippen molar-refractivity contribution in [3.05, 3.63) is 76.8 Å². The molecular formula is C23H22ClFN2O4. The number of hydrogen-bond acceptors (Lipinski definition) is 5. The van der Waals surface area contributed by atoms with E-state index in [2.05, 4.69) is 10.3 Å². The third-order valence-corrected chi connectivity index (χ3v) is 4.53. The molecule has 0 saturated carbocycles. The summed E-state index contributed by atoms with van der Waals surface area (Å²) in [6, 6.07) is 10.9. The molecule has 6 nitrogen and oxygen atoms in total. The summed E-state index contributed by atoms with van der Waals surface area (Å²) in [4.78, 5) is 16.5. The van der Waals surface area contributed by atoms with Gasteiger partial charge in [0.15, 0.2) is 23.1 Å². The summed E-state index contributed by atoms with van der Waals surface area (Å²) in [5.74, 6) is 0.348. The van der Waals surface area contributed by atoms with Gasteiger partial charge in [0, 0.05) is 18.3 Å². The number of pyridine rings is 1. The first kappa shape index (κ1) is 22.4. The Kier molecular flexibility index (Phi) is 7.67. The van der Waals surface area contributed by atoms with Crippen LogP contribution in [0.25, 0.3) is 0 Å². The van der Waals surface area contributed by atoms with Crippen LogP contribution in [0.15, 0.2) is 54.9 Å². The van der Waals surface area contributed by atoms with Gasteiger partial charge in [-0.05, 0) is 48.4 Å². The predicted octanol–water partition coefficient (Wildman–Crippen LogP) is 5.39. The van der Waals surface area contributed by atoms with Crippen molar-refractivity contribution in [3.63, 3.8) is 0 Å². The zero-order valence-corrected chi connectivity index (χ0v) is 17.9. The van der Waals surface area contributed by atoms with Gasteiger partial charge in [-0.3, -0.25) is 9.78 Å². The second-order valence-electron chi connectivity index (χ2n) is 6.58. The van der Waals surface area contributed by atoms with Crippen LogP contribution in [0.1, 0.15) is 29.3 Å². The first-order chi connectivity index (χ1) is 15.0.